The van der Waals surface area contributed by atoms with E-state index in [0.717, 1.165) is 39.2 Å². The fourth-order valence-corrected chi connectivity index (χ4v) is 5.08. The highest BCUT2D eigenvalue weighted by atomic mass is 16.5. The number of aryl methyl sites for hydroxylation is 4. The lowest BCUT2D eigenvalue weighted by Crippen LogP contribution is -2.35. The molecule has 7 nitrogen and oxygen atoms in total. The average molecular weight is 540 g/mol. The molecule has 0 saturated heterocycles. The number of dihydropyridines is 1. The summed E-state index contributed by atoms with van der Waals surface area (Å²) < 4.78 is 11.0. The Labute approximate surface area is 236 Å². The van der Waals surface area contributed by atoms with Gasteiger partial charge in [-0.05, 0) is 93.6 Å². The van der Waals surface area contributed by atoms with Gasteiger partial charge in [-0.25, -0.2) is 0 Å². The molecule has 0 atom stereocenters. The molecule has 208 valence electrons. The molecule has 0 aliphatic carbocycles. The molecule has 0 spiro atoms. The Morgan fingerprint density at radius 3 is 1.57 bits per heavy atom. The predicted molar refractivity (Wildman–Crippen MR) is 160 cm³/mol. The third-order valence-electron chi connectivity index (χ3n) is 7.27. The predicted octanol–water partition coefficient (Wildman–Crippen LogP) is 6.45. The zero-order valence-corrected chi connectivity index (χ0v) is 24.4. The topological polar surface area (TPSA) is 88.7 Å². The fourth-order valence-electron chi connectivity index (χ4n) is 5.08. The van der Waals surface area contributed by atoms with E-state index in [1.165, 1.54) is 0 Å². The molecule has 0 aromatic heterocycles. The van der Waals surface area contributed by atoms with Crippen molar-refractivity contribution in [3.05, 3.63) is 105 Å². The largest absolute Gasteiger partial charge is 0.493 e. The van der Waals surface area contributed by atoms with Crippen LogP contribution in [0.2, 0.25) is 0 Å². The van der Waals surface area contributed by atoms with Crippen LogP contribution in [0.15, 0.2) is 77.1 Å². The third-order valence-corrected chi connectivity index (χ3v) is 7.27. The minimum Gasteiger partial charge on any atom is -0.493 e. The lowest BCUT2D eigenvalue weighted by Gasteiger charge is -2.32. The number of benzene rings is 3. The highest BCUT2D eigenvalue weighted by Crippen LogP contribution is 2.42. The molecule has 3 aromatic rings. The van der Waals surface area contributed by atoms with Gasteiger partial charge < -0.3 is 25.4 Å². The van der Waals surface area contributed by atoms with Crippen LogP contribution in [0.25, 0.3) is 0 Å². The molecule has 1 aliphatic heterocycles. The van der Waals surface area contributed by atoms with Crippen LogP contribution in [0, 0.1) is 27.7 Å². The first-order valence-electron chi connectivity index (χ1n) is 13.2. The van der Waals surface area contributed by atoms with Crippen LogP contribution in [0.5, 0.6) is 11.5 Å². The molecule has 0 bridgehead atoms. The summed E-state index contributed by atoms with van der Waals surface area (Å²) >= 11 is 0. The molecule has 40 heavy (non-hydrogen) atoms. The van der Waals surface area contributed by atoms with Crippen LogP contribution in [0.1, 0.15) is 47.6 Å². The Kier molecular flexibility index (Phi) is 8.33. The lowest BCUT2D eigenvalue weighted by molar-refractivity contribution is -0.113. The van der Waals surface area contributed by atoms with Crippen LogP contribution < -0.4 is 25.4 Å². The van der Waals surface area contributed by atoms with Crippen molar-refractivity contribution in [3.8, 4) is 11.5 Å². The molecule has 3 aromatic carbocycles. The van der Waals surface area contributed by atoms with Gasteiger partial charge in [-0.15, -0.1) is 0 Å². The quantitative estimate of drug-likeness (QED) is 0.321. The van der Waals surface area contributed by atoms with Gasteiger partial charge >= 0.3 is 0 Å². The lowest BCUT2D eigenvalue weighted by atomic mass is 9.79. The van der Waals surface area contributed by atoms with Crippen molar-refractivity contribution in [1.29, 1.82) is 0 Å². The van der Waals surface area contributed by atoms with Crippen molar-refractivity contribution in [2.75, 3.05) is 24.9 Å². The highest BCUT2D eigenvalue weighted by molar-refractivity contribution is 6.12. The highest BCUT2D eigenvalue weighted by Gasteiger charge is 2.37. The zero-order chi connectivity index (χ0) is 29.1. The monoisotopic (exact) mass is 539 g/mol. The van der Waals surface area contributed by atoms with Crippen molar-refractivity contribution in [1.82, 2.24) is 5.32 Å². The van der Waals surface area contributed by atoms with Gasteiger partial charge in [0, 0.05) is 39.8 Å². The maximum absolute atomic E-state index is 14.0. The normalized spacial score (nSPS) is 13.6. The van der Waals surface area contributed by atoms with E-state index in [-0.39, 0.29) is 11.8 Å². The van der Waals surface area contributed by atoms with E-state index in [1.807, 2.05) is 90.1 Å². The Hall–Kier alpha value is -4.52. The van der Waals surface area contributed by atoms with Crippen molar-refractivity contribution < 1.29 is 19.1 Å². The molecule has 0 saturated carbocycles. The number of nitrogens with one attached hydrogen (secondary N) is 3. The molecule has 0 unspecified atom stereocenters. The molecule has 2 amide bonds. The molecular weight excluding hydrogens is 502 g/mol. The summed E-state index contributed by atoms with van der Waals surface area (Å²) in [7, 11) is 3.14. The number of carbonyl (C=O) groups is 2. The van der Waals surface area contributed by atoms with Crippen LogP contribution >= 0.6 is 0 Å². The first kappa shape index (κ1) is 28.5. The van der Waals surface area contributed by atoms with Gasteiger partial charge in [-0.1, -0.05) is 30.3 Å². The maximum Gasteiger partial charge on any atom is 0.254 e. The van der Waals surface area contributed by atoms with Gasteiger partial charge in [0.1, 0.15) is 0 Å². The van der Waals surface area contributed by atoms with Crippen LogP contribution in [-0.4, -0.2) is 26.0 Å². The van der Waals surface area contributed by atoms with E-state index in [2.05, 4.69) is 16.0 Å². The van der Waals surface area contributed by atoms with E-state index < -0.39 is 5.92 Å². The second-order valence-electron chi connectivity index (χ2n) is 10.3. The summed E-state index contributed by atoms with van der Waals surface area (Å²) in [6.45, 7) is 11.6. The summed E-state index contributed by atoms with van der Waals surface area (Å²) in [5.74, 6) is -0.177. The molecular formula is C33H37N3O4. The van der Waals surface area contributed by atoms with E-state index in [9.17, 15) is 9.59 Å². The standard InChI is InChI=1S/C33H37N3O4/c1-18-9-11-20(3)25(15-18)35-32(37)29-22(5)34-23(6)30(33(38)36-26-16-19(2)10-12-21(26)4)31(29)24-13-14-27(39-7)28(17-24)40-8/h9-17,31,34H,1-8H3,(H,35,37)(H,36,38). The Bertz CT molecular complexity index is 1460. The number of ether oxygens (including phenoxy) is 2. The number of hydrogen-bond donors (Lipinski definition) is 3. The van der Waals surface area contributed by atoms with Gasteiger partial charge in [0.25, 0.3) is 11.8 Å². The van der Waals surface area contributed by atoms with Crippen molar-refractivity contribution in [2.24, 2.45) is 0 Å². The molecule has 3 N–H and O–H groups in total. The Morgan fingerprint density at radius 1 is 0.650 bits per heavy atom. The maximum atomic E-state index is 14.0. The first-order valence-corrected chi connectivity index (χ1v) is 13.2. The number of carbonyl (C=O) groups excluding carboxylic acids is 2. The third kappa shape index (κ3) is 5.73. The molecule has 1 aliphatic rings. The molecule has 0 radical (unpaired) electrons. The van der Waals surface area contributed by atoms with Gasteiger partial charge in [-0.3, -0.25) is 9.59 Å². The summed E-state index contributed by atoms with van der Waals surface area (Å²) in [4.78, 5) is 28.0. The Morgan fingerprint density at radius 2 is 1.12 bits per heavy atom. The molecule has 4 rings (SSSR count). The summed E-state index contributed by atoms with van der Waals surface area (Å²) in [5, 5.41) is 9.49. The first-order chi connectivity index (χ1) is 19.0. The SMILES string of the molecule is COc1ccc(C2C(C(=O)Nc3cc(C)ccc3C)=C(C)NC(C)=C2C(=O)Nc2cc(C)ccc2C)cc1OC. The van der Waals surface area contributed by atoms with E-state index in [1.54, 1.807) is 20.3 Å². The fraction of sp³-hybridized carbons (Fsp3) is 0.273. The van der Waals surface area contributed by atoms with Gasteiger partial charge in [0.2, 0.25) is 0 Å². The van der Waals surface area contributed by atoms with Crippen molar-refractivity contribution in [2.45, 2.75) is 47.5 Å². The minimum atomic E-state index is -0.670. The van der Waals surface area contributed by atoms with Crippen molar-refractivity contribution in [3.63, 3.8) is 0 Å². The van der Waals surface area contributed by atoms with Crippen molar-refractivity contribution >= 4 is 23.2 Å². The second-order valence-corrected chi connectivity index (χ2v) is 10.3. The van der Waals surface area contributed by atoms with E-state index in [0.29, 0.717) is 34.0 Å². The average Bonchev–Trinajstić information content (AvgIpc) is 2.91. The smallest absolute Gasteiger partial charge is 0.254 e. The van der Waals surface area contributed by atoms with E-state index in [4.69, 9.17) is 9.47 Å². The summed E-state index contributed by atoms with van der Waals surface area (Å²) in [6, 6.07) is 17.3. The minimum absolute atomic E-state index is 0.289. The molecule has 7 heteroatoms. The Balaban J connectivity index is 1.84. The summed E-state index contributed by atoms with van der Waals surface area (Å²) in [5.41, 5.74) is 8.39. The number of amides is 2. The zero-order valence-electron chi connectivity index (χ0n) is 24.4. The van der Waals surface area contributed by atoms with Crippen LogP contribution in [-0.2, 0) is 9.59 Å². The summed E-state index contributed by atoms with van der Waals surface area (Å²) in [6.07, 6.45) is 0. The number of allylic oxidation sites excluding steroid dienone is 2. The molecule has 0 fully saturated rings. The van der Waals surface area contributed by atoms with Gasteiger partial charge in [0.05, 0.1) is 14.2 Å². The number of methoxy groups -OCH3 is 2. The van der Waals surface area contributed by atoms with Crippen LogP contribution in [0.3, 0.4) is 0 Å². The van der Waals surface area contributed by atoms with E-state index >= 15 is 0 Å². The van der Waals surface area contributed by atoms with Gasteiger partial charge in [0.15, 0.2) is 11.5 Å². The number of hydrogen-bond acceptors (Lipinski definition) is 5. The van der Waals surface area contributed by atoms with Crippen LogP contribution in [0.4, 0.5) is 11.4 Å². The van der Waals surface area contributed by atoms with Gasteiger partial charge in [-0.2, -0.15) is 0 Å². The second kappa shape index (κ2) is 11.7. The number of rotatable bonds is 7. The number of anilines is 2. The molecule has 1 heterocycles.